The van der Waals surface area contributed by atoms with Crippen LogP contribution in [0.15, 0.2) is 30.3 Å². The molecule has 0 saturated carbocycles. The summed E-state index contributed by atoms with van der Waals surface area (Å²) in [7, 11) is 0. The van der Waals surface area contributed by atoms with Crippen LogP contribution in [0.4, 0.5) is 0 Å². The molecule has 108 valence electrons. The van der Waals surface area contributed by atoms with E-state index in [9.17, 15) is 9.59 Å². The minimum Gasteiger partial charge on any atom is -0.340 e. The van der Waals surface area contributed by atoms with Crippen molar-refractivity contribution in [2.45, 2.75) is 45.2 Å². The van der Waals surface area contributed by atoms with Crippen LogP contribution in [0.25, 0.3) is 0 Å². The molecule has 1 unspecified atom stereocenters. The lowest BCUT2D eigenvalue weighted by molar-refractivity contribution is -0.138. The van der Waals surface area contributed by atoms with Crippen LogP contribution < -0.4 is 5.32 Å². The average Bonchev–Trinajstić information content (AvgIpc) is 2.59. The molecule has 1 aromatic carbocycles. The van der Waals surface area contributed by atoms with Crippen LogP contribution in [-0.2, 0) is 9.59 Å². The van der Waals surface area contributed by atoms with E-state index in [4.69, 9.17) is 0 Å². The zero-order chi connectivity index (χ0) is 14.8. The molecule has 0 aromatic heterocycles. The fourth-order valence-corrected chi connectivity index (χ4v) is 2.44. The molecule has 4 heteroatoms. The van der Waals surface area contributed by atoms with Gasteiger partial charge in [-0.1, -0.05) is 37.3 Å². The van der Waals surface area contributed by atoms with Gasteiger partial charge in [-0.25, -0.2) is 0 Å². The van der Waals surface area contributed by atoms with Crippen molar-refractivity contribution in [3.63, 3.8) is 0 Å². The Morgan fingerprint density at radius 1 is 1.25 bits per heavy atom. The van der Waals surface area contributed by atoms with E-state index in [0.717, 1.165) is 12.0 Å². The first-order valence-electron chi connectivity index (χ1n) is 7.11. The normalized spacial score (nSPS) is 20.6. The highest BCUT2D eigenvalue weighted by atomic mass is 16.2. The molecule has 0 aliphatic carbocycles. The van der Waals surface area contributed by atoms with Gasteiger partial charge in [0.15, 0.2) is 0 Å². The number of hydrogen-bond acceptors (Lipinski definition) is 2. The van der Waals surface area contributed by atoms with Gasteiger partial charge in [-0.15, -0.1) is 0 Å². The second-order valence-electron chi connectivity index (χ2n) is 5.82. The van der Waals surface area contributed by atoms with Crippen molar-refractivity contribution < 1.29 is 9.59 Å². The van der Waals surface area contributed by atoms with Crippen molar-refractivity contribution in [2.24, 2.45) is 0 Å². The van der Waals surface area contributed by atoms with E-state index in [1.807, 2.05) is 49.1 Å². The van der Waals surface area contributed by atoms with Gasteiger partial charge in [-0.3, -0.25) is 9.59 Å². The second kappa shape index (κ2) is 5.65. The molecule has 4 nitrogen and oxygen atoms in total. The van der Waals surface area contributed by atoms with Crippen molar-refractivity contribution >= 4 is 11.8 Å². The van der Waals surface area contributed by atoms with E-state index >= 15 is 0 Å². The van der Waals surface area contributed by atoms with Crippen LogP contribution in [0.5, 0.6) is 0 Å². The van der Waals surface area contributed by atoms with E-state index in [2.05, 4.69) is 12.2 Å². The first-order valence-corrected chi connectivity index (χ1v) is 7.11. The standard InChI is InChI=1S/C16H22N2O2/c1-4-16(2,3)18-11-10-13(19)17-14(15(18)20)12-8-6-5-7-9-12/h5-9,14H,4,10-11H2,1-3H3,(H,17,19). The molecular formula is C16H22N2O2. The molecule has 1 aliphatic rings. The van der Waals surface area contributed by atoms with Crippen molar-refractivity contribution in [1.29, 1.82) is 0 Å². The van der Waals surface area contributed by atoms with E-state index in [1.54, 1.807) is 0 Å². The van der Waals surface area contributed by atoms with Gasteiger partial charge in [-0.05, 0) is 25.8 Å². The summed E-state index contributed by atoms with van der Waals surface area (Å²) in [6, 6.07) is 8.86. The van der Waals surface area contributed by atoms with Crippen molar-refractivity contribution in [2.75, 3.05) is 6.54 Å². The molecule has 1 saturated heterocycles. The predicted octanol–water partition coefficient (Wildman–Crippen LogP) is 2.26. The average molecular weight is 274 g/mol. The van der Waals surface area contributed by atoms with Crippen molar-refractivity contribution in [3.8, 4) is 0 Å². The fraction of sp³-hybridized carbons (Fsp3) is 0.500. The Kier molecular flexibility index (Phi) is 4.12. The van der Waals surface area contributed by atoms with Gasteiger partial charge in [0, 0.05) is 18.5 Å². The molecule has 20 heavy (non-hydrogen) atoms. The molecule has 1 aliphatic heterocycles. The van der Waals surface area contributed by atoms with E-state index in [0.29, 0.717) is 13.0 Å². The molecular weight excluding hydrogens is 252 g/mol. The topological polar surface area (TPSA) is 49.4 Å². The number of carbonyl (C=O) groups excluding carboxylic acids is 2. The number of hydrogen-bond donors (Lipinski definition) is 1. The minimum atomic E-state index is -0.572. The lowest BCUT2D eigenvalue weighted by Gasteiger charge is -2.38. The third-order valence-corrected chi connectivity index (χ3v) is 4.11. The van der Waals surface area contributed by atoms with Crippen LogP contribution in [0.2, 0.25) is 0 Å². The highest BCUT2D eigenvalue weighted by Gasteiger charge is 2.37. The third kappa shape index (κ3) is 2.84. The number of amides is 2. The highest BCUT2D eigenvalue weighted by molar-refractivity contribution is 5.91. The fourth-order valence-electron chi connectivity index (χ4n) is 2.44. The summed E-state index contributed by atoms with van der Waals surface area (Å²) in [4.78, 5) is 26.5. The third-order valence-electron chi connectivity index (χ3n) is 4.11. The summed E-state index contributed by atoms with van der Waals surface area (Å²) < 4.78 is 0. The molecule has 1 fully saturated rings. The Morgan fingerprint density at radius 2 is 1.90 bits per heavy atom. The van der Waals surface area contributed by atoms with Gasteiger partial charge in [0.05, 0.1) is 0 Å². The monoisotopic (exact) mass is 274 g/mol. The van der Waals surface area contributed by atoms with Gasteiger partial charge in [0.1, 0.15) is 6.04 Å². The smallest absolute Gasteiger partial charge is 0.250 e. The number of nitrogens with one attached hydrogen (secondary N) is 1. The number of rotatable bonds is 3. The lowest BCUT2D eigenvalue weighted by Crippen LogP contribution is -2.49. The maximum Gasteiger partial charge on any atom is 0.250 e. The van der Waals surface area contributed by atoms with Crippen LogP contribution >= 0.6 is 0 Å². The Morgan fingerprint density at radius 3 is 2.50 bits per heavy atom. The number of nitrogens with zero attached hydrogens (tertiary/aromatic N) is 1. The molecule has 0 spiro atoms. The van der Waals surface area contributed by atoms with E-state index in [-0.39, 0.29) is 17.4 Å². The Bertz CT molecular complexity index is 496. The zero-order valence-corrected chi connectivity index (χ0v) is 12.3. The Hall–Kier alpha value is -1.84. The molecule has 1 heterocycles. The largest absolute Gasteiger partial charge is 0.340 e. The summed E-state index contributed by atoms with van der Waals surface area (Å²) >= 11 is 0. The van der Waals surface area contributed by atoms with Gasteiger partial charge in [-0.2, -0.15) is 0 Å². The van der Waals surface area contributed by atoms with Crippen LogP contribution in [0, 0.1) is 0 Å². The maximum atomic E-state index is 12.8. The molecule has 0 radical (unpaired) electrons. The first kappa shape index (κ1) is 14.6. The van der Waals surface area contributed by atoms with E-state index < -0.39 is 6.04 Å². The maximum absolute atomic E-state index is 12.8. The summed E-state index contributed by atoms with van der Waals surface area (Å²) in [5.41, 5.74) is 0.598. The molecule has 2 rings (SSSR count). The van der Waals surface area contributed by atoms with Gasteiger partial charge >= 0.3 is 0 Å². The summed E-state index contributed by atoms with van der Waals surface area (Å²) in [6.45, 7) is 6.63. The minimum absolute atomic E-state index is 0.0195. The van der Waals surface area contributed by atoms with E-state index in [1.165, 1.54) is 0 Å². The Balaban J connectivity index is 2.36. The quantitative estimate of drug-likeness (QED) is 0.919. The van der Waals surface area contributed by atoms with Gasteiger partial charge in [0.25, 0.3) is 0 Å². The SMILES string of the molecule is CCC(C)(C)N1CCC(=O)NC(c2ccccc2)C1=O. The number of carbonyl (C=O) groups is 2. The first-order chi connectivity index (χ1) is 9.45. The molecule has 1 aromatic rings. The summed E-state index contributed by atoms with van der Waals surface area (Å²) in [5, 5.41) is 2.84. The number of benzene rings is 1. The molecule has 1 atom stereocenters. The summed E-state index contributed by atoms with van der Waals surface area (Å²) in [6.07, 6.45) is 1.22. The van der Waals surface area contributed by atoms with Crippen LogP contribution in [0.3, 0.4) is 0 Å². The summed E-state index contributed by atoms with van der Waals surface area (Å²) in [5.74, 6) is -0.0875. The lowest BCUT2D eigenvalue weighted by atomic mass is 9.96. The van der Waals surface area contributed by atoms with Gasteiger partial charge < -0.3 is 10.2 Å². The Labute approximate surface area is 120 Å². The predicted molar refractivity (Wildman–Crippen MR) is 78.0 cm³/mol. The van der Waals surface area contributed by atoms with Crippen molar-refractivity contribution in [3.05, 3.63) is 35.9 Å². The highest BCUT2D eigenvalue weighted by Crippen LogP contribution is 2.26. The van der Waals surface area contributed by atoms with Crippen LogP contribution in [0.1, 0.15) is 45.2 Å². The molecule has 1 N–H and O–H groups in total. The molecule has 0 bridgehead atoms. The molecule has 2 amide bonds. The second-order valence-corrected chi connectivity index (χ2v) is 5.82. The van der Waals surface area contributed by atoms with Gasteiger partial charge in [0.2, 0.25) is 11.8 Å². The van der Waals surface area contributed by atoms with Crippen LogP contribution in [-0.4, -0.2) is 28.8 Å². The zero-order valence-electron chi connectivity index (χ0n) is 12.3. The van der Waals surface area contributed by atoms with Crippen molar-refractivity contribution in [1.82, 2.24) is 10.2 Å².